The average Bonchev–Trinajstić information content (AvgIpc) is 2.97. The molecule has 0 amide bonds. The molecule has 0 aliphatic carbocycles. The first kappa shape index (κ1) is 15.5. The minimum atomic E-state index is -4.61. The zero-order chi connectivity index (χ0) is 15.5. The van der Waals surface area contributed by atoms with E-state index in [0.29, 0.717) is 0 Å². The Hall–Kier alpha value is -1.86. The molecular formula is C14H16F3N3O. The predicted octanol–water partition coefficient (Wildman–Crippen LogP) is 2.45. The highest BCUT2D eigenvalue weighted by atomic mass is 19.4. The Kier molecular flexibility index (Phi) is 4.64. The monoisotopic (exact) mass is 299 g/mol. The molecule has 2 aromatic rings. The van der Waals surface area contributed by atoms with Crippen molar-refractivity contribution in [1.82, 2.24) is 14.9 Å². The molecule has 2 rings (SSSR count). The van der Waals surface area contributed by atoms with E-state index in [4.69, 9.17) is 5.11 Å². The Balaban J connectivity index is 2.03. The molecule has 114 valence electrons. The van der Waals surface area contributed by atoms with Crippen molar-refractivity contribution >= 4 is 0 Å². The third kappa shape index (κ3) is 4.05. The van der Waals surface area contributed by atoms with Crippen LogP contribution in [0.4, 0.5) is 13.2 Å². The van der Waals surface area contributed by atoms with Crippen molar-refractivity contribution in [3.05, 3.63) is 48.5 Å². The van der Waals surface area contributed by atoms with Gasteiger partial charge in [-0.05, 0) is 24.6 Å². The second-order valence-electron chi connectivity index (χ2n) is 4.75. The number of nitrogens with one attached hydrogen (secondary N) is 1. The first-order valence-electron chi connectivity index (χ1n) is 6.44. The van der Waals surface area contributed by atoms with Crippen LogP contribution in [0.2, 0.25) is 0 Å². The fourth-order valence-corrected chi connectivity index (χ4v) is 1.89. The molecular weight excluding hydrogens is 283 g/mol. The summed E-state index contributed by atoms with van der Waals surface area (Å²) in [5.74, 6) is 0. The largest absolute Gasteiger partial charge is 0.415 e. The lowest BCUT2D eigenvalue weighted by Crippen LogP contribution is -2.39. The van der Waals surface area contributed by atoms with Crippen molar-refractivity contribution < 1.29 is 18.3 Å². The molecule has 1 aromatic carbocycles. The lowest BCUT2D eigenvalue weighted by Gasteiger charge is -2.19. The number of benzene rings is 1. The van der Waals surface area contributed by atoms with Crippen LogP contribution in [0.3, 0.4) is 0 Å². The number of hydrogen-bond acceptors (Lipinski definition) is 3. The quantitative estimate of drug-likeness (QED) is 0.891. The molecule has 1 heterocycles. The van der Waals surface area contributed by atoms with E-state index in [1.54, 1.807) is 30.2 Å². The Morgan fingerprint density at radius 2 is 2.14 bits per heavy atom. The van der Waals surface area contributed by atoms with E-state index in [1.165, 1.54) is 0 Å². The summed E-state index contributed by atoms with van der Waals surface area (Å²) in [5.41, 5.74) is 1.70. The van der Waals surface area contributed by atoms with Crippen molar-refractivity contribution in [3.8, 4) is 5.69 Å². The summed E-state index contributed by atoms with van der Waals surface area (Å²) >= 11 is 0. The van der Waals surface area contributed by atoms with Gasteiger partial charge in [0.15, 0.2) is 6.10 Å². The number of alkyl halides is 3. The van der Waals surface area contributed by atoms with Gasteiger partial charge in [0.05, 0.1) is 6.33 Å². The molecule has 7 heteroatoms. The van der Waals surface area contributed by atoms with Gasteiger partial charge in [0.25, 0.3) is 0 Å². The van der Waals surface area contributed by atoms with Gasteiger partial charge in [0.1, 0.15) is 0 Å². The van der Waals surface area contributed by atoms with Gasteiger partial charge in [-0.15, -0.1) is 0 Å². The summed E-state index contributed by atoms with van der Waals surface area (Å²) < 4.78 is 38.6. The molecule has 0 aliphatic rings. The number of nitrogens with zero attached hydrogens (tertiary/aromatic N) is 2. The Morgan fingerprint density at radius 3 is 2.76 bits per heavy atom. The minimum absolute atomic E-state index is 0.314. The Morgan fingerprint density at radius 1 is 1.38 bits per heavy atom. The molecule has 0 unspecified atom stereocenters. The number of aromatic nitrogens is 2. The third-order valence-electron chi connectivity index (χ3n) is 3.17. The van der Waals surface area contributed by atoms with Crippen molar-refractivity contribution in [2.75, 3.05) is 6.54 Å². The standard InChI is InChI=1S/C14H16F3N3O/c1-10(19-8-13(21)14(15,16)17)11-3-2-4-12(7-11)20-6-5-18-9-20/h2-7,9-10,13,19,21H,8H2,1H3/t10-,13-/m1/s1. The summed E-state index contributed by atoms with van der Waals surface area (Å²) in [5, 5.41) is 11.7. The van der Waals surface area contributed by atoms with Gasteiger partial charge in [0.2, 0.25) is 0 Å². The molecule has 4 nitrogen and oxygen atoms in total. The maximum Gasteiger partial charge on any atom is 0.415 e. The SMILES string of the molecule is C[C@@H](NC[C@@H](O)C(F)(F)F)c1cccc(-n2ccnc2)c1. The van der Waals surface area contributed by atoms with E-state index in [1.807, 2.05) is 24.3 Å². The van der Waals surface area contributed by atoms with Crippen LogP contribution in [0.5, 0.6) is 0 Å². The summed E-state index contributed by atoms with van der Waals surface area (Å²) in [6, 6.07) is 7.06. The molecule has 0 radical (unpaired) electrons. The fraction of sp³-hybridized carbons (Fsp3) is 0.357. The van der Waals surface area contributed by atoms with Crippen molar-refractivity contribution in [1.29, 1.82) is 0 Å². The number of aliphatic hydroxyl groups is 1. The molecule has 21 heavy (non-hydrogen) atoms. The number of imidazole rings is 1. The van der Waals surface area contributed by atoms with Crippen LogP contribution in [0, 0.1) is 0 Å². The molecule has 0 saturated heterocycles. The van der Waals surface area contributed by atoms with Crippen LogP contribution >= 0.6 is 0 Å². The fourth-order valence-electron chi connectivity index (χ4n) is 1.89. The van der Waals surface area contributed by atoms with E-state index >= 15 is 0 Å². The first-order valence-corrected chi connectivity index (χ1v) is 6.44. The van der Waals surface area contributed by atoms with Crippen molar-refractivity contribution in [2.45, 2.75) is 25.2 Å². The van der Waals surface area contributed by atoms with Crippen molar-refractivity contribution in [3.63, 3.8) is 0 Å². The summed E-state index contributed by atoms with van der Waals surface area (Å²) in [4.78, 5) is 3.95. The second kappa shape index (κ2) is 6.28. The number of hydrogen-bond donors (Lipinski definition) is 2. The van der Waals surface area contributed by atoms with Crippen LogP contribution in [0.15, 0.2) is 43.0 Å². The average molecular weight is 299 g/mol. The third-order valence-corrected chi connectivity index (χ3v) is 3.17. The molecule has 2 atom stereocenters. The van der Waals surface area contributed by atoms with Gasteiger partial charge >= 0.3 is 6.18 Å². The first-order chi connectivity index (χ1) is 9.88. The maximum absolute atomic E-state index is 12.3. The van der Waals surface area contributed by atoms with Gasteiger partial charge in [-0.1, -0.05) is 12.1 Å². The summed E-state index contributed by atoms with van der Waals surface area (Å²) in [6.07, 6.45) is -1.90. The Labute approximate surface area is 120 Å². The highest BCUT2D eigenvalue weighted by Gasteiger charge is 2.37. The van der Waals surface area contributed by atoms with Crippen LogP contribution < -0.4 is 5.32 Å². The number of rotatable bonds is 5. The van der Waals surface area contributed by atoms with Gasteiger partial charge < -0.3 is 15.0 Å². The summed E-state index contributed by atoms with van der Waals surface area (Å²) in [6.45, 7) is 1.20. The molecule has 2 N–H and O–H groups in total. The second-order valence-corrected chi connectivity index (χ2v) is 4.75. The molecule has 0 aliphatic heterocycles. The topological polar surface area (TPSA) is 50.1 Å². The lowest BCUT2D eigenvalue weighted by molar-refractivity contribution is -0.202. The lowest BCUT2D eigenvalue weighted by atomic mass is 10.1. The van der Waals surface area contributed by atoms with E-state index in [-0.39, 0.29) is 6.04 Å². The highest BCUT2D eigenvalue weighted by molar-refractivity contribution is 5.36. The summed E-state index contributed by atoms with van der Waals surface area (Å²) in [7, 11) is 0. The van der Waals surface area contributed by atoms with E-state index in [0.717, 1.165) is 11.3 Å². The van der Waals surface area contributed by atoms with Crippen LogP contribution in [0.25, 0.3) is 5.69 Å². The van der Waals surface area contributed by atoms with Gasteiger partial charge in [-0.3, -0.25) is 0 Å². The van der Waals surface area contributed by atoms with E-state index < -0.39 is 18.8 Å². The van der Waals surface area contributed by atoms with Gasteiger partial charge in [0, 0.05) is 30.7 Å². The molecule has 0 spiro atoms. The molecule has 0 saturated carbocycles. The van der Waals surface area contributed by atoms with Crippen LogP contribution in [-0.2, 0) is 0 Å². The highest BCUT2D eigenvalue weighted by Crippen LogP contribution is 2.21. The van der Waals surface area contributed by atoms with E-state index in [9.17, 15) is 13.2 Å². The smallest absolute Gasteiger partial charge is 0.382 e. The minimum Gasteiger partial charge on any atom is -0.382 e. The van der Waals surface area contributed by atoms with Crippen molar-refractivity contribution in [2.24, 2.45) is 0 Å². The predicted molar refractivity (Wildman–Crippen MR) is 72.0 cm³/mol. The maximum atomic E-state index is 12.3. The molecule has 0 fully saturated rings. The normalized spacial score (nSPS) is 14.9. The number of halogens is 3. The Bertz CT molecular complexity index is 569. The number of aliphatic hydroxyl groups excluding tert-OH is 1. The van der Waals surface area contributed by atoms with Gasteiger partial charge in [-0.25, -0.2) is 4.98 Å². The van der Waals surface area contributed by atoms with Crippen LogP contribution in [-0.4, -0.2) is 33.5 Å². The van der Waals surface area contributed by atoms with Gasteiger partial charge in [-0.2, -0.15) is 13.2 Å². The zero-order valence-corrected chi connectivity index (χ0v) is 11.4. The van der Waals surface area contributed by atoms with Crippen LogP contribution in [0.1, 0.15) is 18.5 Å². The molecule has 0 bridgehead atoms. The van der Waals surface area contributed by atoms with E-state index in [2.05, 4.69) is 10.3 Å². The zero-order valence-electron chi connectivity index (χ0n) is 11.4. The molecule has 1 aromatic heterocycles.